The van der Waals surface area contributed by atoms with Crippen LogP contribution in [0.25, 0.3) is 0 Å². The van der Waals surface area contributed by atoms with Crippen molar-refractivity contribution < 1.29 is 9.47 Å². The maximum absolute atomic E-state index is 5.85. The molecule has 0 unspecified atom stereocenters. The number of rotatable bonds is 13. The molecule has 0 saturated carbocycles. The third-order valence-electron chi connectivity index (χ3n) is 6.94. The van der Waals surface area contributed by atoms with Crippen LogP contribution in [0, 0.1) is 17.3 Å². The maximum Gasteiger partial charge on any atom is 0.0593 e. The van der Waals surface area contributed by atoms with Crippen LogP contribution in [0.1, 0.15) is 79.1 Å². The fourth-order valence-corrected chi connectivity index (χ4v) is 4.70. The number of piperidine rings is 2. The Kier molecular flexibility index (Phi) is 12.1. The van der Waals surface area contributed by atoms with Gasteiger partial charge in [-0.15, -0.1) is 0 Å². The van der Waals surface area contributed by atoms with E-state index in [2.05, 4.69) is 37.5 Å². The molecule has 0 aromatic carbocycles. The van der Waals surface area contributed by atoms with Crippen molar-refractivity contribution in [3.05, 3.63) is 0 Å². The normalized spacial score (nSPS) is 21.1. The highest BCUT2D eigenvalue weighted by molar-refractivity contribution is 4.75. The van der Waals surface area contributed by atoms with Gasteiger partial charge in [0.25, 0.3) is 0 Å². The zero-order valence-corrected chi connectivity index (χ0v) is 20.1. The van der Waals surface area contributed by atoms with Gasteiger partial charge in [0.1, 0.15) is 0 Å². The van der Waals surface area contributed by atoms with Gasteiger partial charge in [-0.2, -0.15) is 0 Å². The smallest absolute Gasteiger partial charge is 0.0593 e. The fourth-order valence-electron chi connectivity index (χ4n) is 4.70. The molecule has 2 fully saturated rings. The molecule has 0 N–H and O–H groups in total. The molecule has 2 heterocycles. The van der Waals surface area contributed by atoms with E-state index in [9.17, 15) is 0 Å². The van der Waals surface area contributed by atoms with E-state index in [0.29, 0.717) is 5.41 Å². The van der Waals surface area contributed by atoms with Crippen molar-refractivity contribution in [2.75, 3.05) is 65.7 Å². The molecule has 0 aliphatic carbocycles. The van der Waals surface area contributed by atoms with Gasteiger partial charge in [0.2, 0.25) is 0 Å². The minimum atomic E-state index is 0.388. The third kappa shape index (κ3) is 11.7. The number of ether oxygens (including phenoxy) is 2. The third-order valence-corrected chi connectivity index (χ3v) is 6.94. The van der Waals surface area contributed by atoms with Crippen LogP contribution >= 0.6 is 0 Å². The summed E-state index contributed by atoms with van der Waals surface area (Å²) in [5.74, 6) is 1.95. The van der Waals surface area contributed by atoms with Gasteiger partial charge >= 0.3 is 0 Å². The van der Waals surface area contributed by atoms with Gasteiger partial charge in [0, 0.05) is 26.3 Å². The van der Waals surface area contributed by atoms with Crippen molar-refractivity contribution in [2.45, 2.75) is 79.1 Å². The second kappa shape index (κ2) is 14.0. The quantitative estimate of drug-likeness (QED) is 0.396. The minimum absolute atomic E-state index is 0.388. The average Bonchev–Trinajstić information content (AvgIpc) is 2.69. The molecule has 4 heteroatoms. The van der Waals surface area contributed by atoms with Crippen molar-refractivity contribution >= 4 is 0 Å². The molecule has 0 amide bonds. The summed E-state index contributed by atoms with van der Waals surface area (Å²) in [5, 5.41) is 0. The lowest BCUT2D eigenvalue weighted by molar-refractivity contribution is 0.0729. The molecule has 2 saturated heterocycles. The summed E-state index contributed by atoms with van der Waals surface area (Å²) in [5.41, 5.74) is 0.388. The Hall–Kier alpha value is -0.160. The standard InChI is InChI=1S/C25H50N2O2/c1-5-28-21-18-26-14-9-23(10-15-26)7-6-8-24-11-16-27(17-12-24)19-22-29-20-13-25(2,3)4/h23-24H,5-22H2,1-4H3. The molecule has 4 nitrogen and oxygen atoms in total. The fraction of sp³-hybridized carbons (Fsp3) is 1.00. The Morgan fingerprint density at radius 3 is 1.66 bits per heavy atom. The summed E-state index contributed by atoms with van der Waals surface area (Å²) in [4.78, 5) is 5.21. The largest absolute Gasteiger partial charge is 0.380 e. The Morgan fingerprint density at radius 1 is 0.724 bits per heavy atom. The lowest BCUT2D eigenvalue weighted by Gasteiger charge is -2.33. The maximum atomic E-state index is 5.85. The summed E-state index contributed by atoms with van der Waals surface area (Å²) < 4.78 is 11.3. The average molecular weight is 411 g/mol. The summed E-state index contributed by atoms with van der Waals surface area (Å²) in [7, 11) is 0. The Bertz CT molecular complexity index is 394. The van der Waals surface area contributed by atoms with Crippen LogP contribution in [-0.2, 0) is 9.47 Å². The van der Waals surface area contributed by atoms with E-state index in [1.807, 2.05) is 0 Å². The number of nitrogens with zero attached hydrogens (tertiary/aromatic N) is 2. The Balaban J connectivity index is 1.43. The van der Waals surface area contributed by atoms with Crippen LogP contribution in [-0.4, -0.2) is 75.5 Å². The molecule has 0 bridgehead atoms. The summed E-state index contributed by atoms with van der Waals surface area (Å²) in [6.45, 7) is 19.9. The van der Waals surface area contributed by atoms with Gasteiger partial charge in [0.15, 0.2) is 0 Å². The van der Waals surface area contributed by atoms with Crippen molar-refractivity contribution in [1.82, 2.24) is 9.80 Å². The Morgan fingerprint density at radius 2 is 1.21 bits per heavy atom. The van der Waals surface area contributed by atoms with Gasteiger partial charge in [-0.05, 0) is 82.5 Å². The molecule has 172 valence electrons. The van der Waals surface area contributed by atoms with Crippen molar-refractivity contribution in [3.8, 4) is 0 Å². The first-order valence-corrected chi connectivity index (χ1v) is 12.6. The minimum Gasteiger partial charge on any atom is -0.380 e. The molecule has 0 aromatic heterocycles. The molecule has 0 radical (unpaired) electrons. The van der Waals surface area contributed by atoms with Crippen LogP contribution in [0.2, 0.25) is 0 Å². The van der Waals surface area contributed by atoms with Crippen molar-refractivity contribution in [2.24, 2.45) is 17.3 Å². The van der Waals surface area contributed by atoms with E-state index < -0.39 is 0 Å². The molecule has 0 aromatic rings. The first kappa shape index (κ1) is 25.1. The predicted octanol–water partition coefficient (Wildman–Crippen LogP) is 5.07. The van der Waals surface area contributed by atoms with Gasteiger partial charge in [-0.25, -0.2) is 0 Å². The molecular weight excluding hydrogens is 360 g/mol. The lowest BCUT2D eigenvalue weighted by Crippen LogP contribution is -2.36. The predicted molar refractivity (Wildman–Crippen MR) is 124 cm³/mol. The van der Waals surface area contributed by atoms with E-state index in [1.165, 1.54) is 71.1 Å². The molecule has 0 atom stereocenters. The Labute approximate surface area is 181 Å². The van der Waals surface area contributed by atoms with Crippen LogP contribution in [0.3, 0.4) is 0 Å². The monoisotopic (exact) mass is 410 g/mol. The van der Waals surface area contributed by atoms with E-state index in [0.717, 1.165) is 57.8 Å². The van der Waals surface area contributed by atoms with Crippen LogP contribution in [0.5, 0.6) is 0 Å². The first-order chi connectivity index (χ1) is 14.0. The molecule has 0 spiro atoms. The number of hydrogen-bond donors (Lipinski definition) is 0. The lowest BCUT2D eigenvalue weighted by atomic mass is 9.87. The summed E-state index contributed by atoms with van der Waals surface area (Å²) in [6, 6.07) is 0. The summed E-state index contributed by atoms with van der Waals surface area (Å²) >= 11 is 0. The molecule has 2 rings (SSSR count). The van der Waals surface area contributed by atoms with E-state index in [-0.39, 0.29) is 0 Å². The molecule has 2 aliphatic rings. The van der Waals surface area contributed by atoms with Gasteiger partial charge in [-0.1, -0.05) is 40.0 Å². The highest BCUT2D eigenvalue weighted by atomic mass is 16.5. The van der Waals surface area contributed by atoms with Gasteiger partial charge in [0.05, 0.1) is 13.2 Å². The summed E-state index contributed by atoms with van der Waals surface area (Å²) in [6.07, 6.45) is 11.1. The number of likely N-dealkylation sites (tertiary alicyclic amines) is 2. The van der Waals surface area contributed by atoms with E-state index >= 15 is 0 Å². The molecule has 29 heavy (non-hydrogen) atoms. The van der Waals surface area contributed by atoms with Crippen molar-refractivity contribution in [3.63, 3.8) is 0 Å². The number of hydrogen-bond acceptors (Lipinski definition) is 4. The first-order valence-electron chi connectivity index (χ1n) is 12.6. The molecule has 2 aliphatic heterocycles. The second-order valence-corrected chi connectivity index (χ2v) is 10.6. The van der Waals surface area contributed by atoms with Crippen LogP contribution in [0.15, 0.2) is 0 Å². The van der Waals surface area contributed by atoms with Crippen LogP contribution < -0.4 is 0 Å². The molecular formula is C25H50N2O2. The van der Waals surface area contributed by atoms with Crippen LogP contribution in [0.4, 0.5) is 0 Å². The second-order valence-electron chi connectivity index (χ2n) is 10.6. The zero-order chi connectivity index (χ0) is 21.0. The highest BCUT2D eigenvalue weighted by Gasteiger charge is 2.21. The van der Waals surface area contributed by atoms with Crippen molar-refractivity contribution in [1.29, 1.82) is 0 Å². The van der Waals surface area contributed by atoms with E-state index in [4.69, 9.17) is 9.47 Å². The highest BCUT2D eigenvalue weighted by Crippen LogP contribution is 2.27. The van der Waals surface area contributed by atoms with E-state index in [1.54, 1.807) is 0 Å². The topological polar surface area (TPSA) is 24.9 Å². The van der Waals surface area contributed by atoms with Gasteiger partial charge in [-0.3, -0.25) is 0 Å². The van der Waals surface area contributed by atoms with Gasteiger partial charge < -0.3 is 19.3 Å². The zero-order valence-electron chi connectivity index (χ0n) is 20.1. The SMILES string of the molecule is CCOCCN1CCC(CCCC2CCN(CCOCCC(C)(C)C)CC2)CC1.